The number of ketones is 8. The topological polar surface area (TPSA) is 137 Å². The van der Waals surface area contributed by atoms with E-state index in [1.165, 1.54) is 27.7 Å². The molecule has 0 heterocycles. The fourth-order valence-electron chi connectivity index (χ4n) is 6.63. The summed E-state index contributed by atoms with van der Waals surface area (Å²) in [5.74, 6) is -5.81. The maximum atomic E-state index is 13.6. The van der Waals surface area contributed by atoms with E-state index in [1.807, 2.05) is 55.4 Å². The van der Waals surface area contributed by atoms with Gasteiger partial charge in [0.05, 0.1) is 21.7 Å². The summed E-state index contributed by atoms with van der Waals surface area (Å²) in [4.78, 5) is 109. The van der Waals surface area contributed by atoms with Gasteiger partial charge in [0.1, 0.15) is 0 Å². The summed E-state index contributed by atoms with van der Waals surface area (Å²) in [7, 11) is 0. The van der Waals surface area contributed by atoms with Crippen LogP contribution in [0.4, 0.5) is 0 Å². The molecule has 0 aromatic rings. The fourth-order valence-corrected chi connectivity index (χ4v) is 6.63. The van der Waals surface area contributed by atoms with Crippen molar-refractivity contribution in [3.05, 3.63) is 48.6 Å². The van der Waals surface area contributed by atoms with Gasteiger partial charge in [0.2, 0.25) is 0 Å². The zero-order valence-electron chi connectivity index (χ0n) is 31.0. The van der Waals surface area contributed by atoms with Gasteiger partial charge < -0.3 is 0 Å². The van der Waals surface area contributed by atoms with Gasteiger partial charge in [-0.1, -0.05) is 55.4 Å². The second-order valence-corrected chi connectivity index (χ2v) is 16.0. The Morgan fingerprint density at radius 2 is 0.417 bits per heavy atom. The second kappa shape index (κ2) is 16.6. The summed E-state index contributed by atoms with van der Waals surface area (Å²) in [5.41, 5.74) is -6.56. The summed E-state index contributed by atoms with van der Waals surface area (Å²) in [6, 6.07) is 0. The van der Waals surface area contributed by atoms with E-state index in [1.54, 1.807) is 0 Å². The summed E-state index contributed by atoms with van der Waals surface area (Å²) in [6.07, 6.45) is 8.49. The highest BCUT2D eigenvalue weighted by atomic mass is 16.2. The summed E-state index contributed by atoms with van der Waals surface area (Å²) in [5, 5.41) is 0. The number of allylic oxidation sites excluding steroid dienone is 8. The molecule has 1 aliphatic rings. The average molecular weight is 665 g/mol. The molecule has 264 valence electrons. The van der Waals surface area contributed by atoms with E-state index in [9.17, 15) is 38.4 Å². The molecule has 0 aromatic carbocycles. The highest BCUT2D eigenvalue weighted by molar-refractivity contribution is 6.23. The quantitative estimate of drug-likeness (QED) is 0.253. The summed E-state index contributed by atoms with van der Waals surface area (Å²) >= 11 is 0. The Labute approximate surface area is 286 Å². The third-order valence-electron chi connectivity index (χ3n) is 9.16. The lowest BCUT2D eigenvalue weighted by molar-refractivity contribution is -0.138. The highest BCUT2D eigenvalue weighted by Crippen LogP contribution is 2.35. The van der Waals surface area contributed by atoms with E-state index < -0.39 is 67.9 Å². The molecule has 8 nitrogen and oxygen atoms in total. The van der Waals surface area contributed by atoms with E-state index >= 15 is 0 Å². The molecule has 0 fully saturated rings. The Balaban J connectivity index is 4.06. The van der Waals surface area contributed by atoms with Gasteiger partial charge in [-0.05, 0) is 126 Å². The summed E-state index contributed by atoms with van der Waals surface area (Å²) < 4.78 is 0. The van der Waals surface area contributed by atoms with Gasteiger partial charge in [-0.25, -0.2) is 0 Å². The van der Waals surface area contributed by atoms with Crippen molar-refractivity contribution in [3.8, 4) is 0 Å². The van der Waals surface area contributed by atoms with Gasteiger partial charge in [0.15, 0.2) is 46.3 Å². The van der Waals surface area contributed by atoms with Crippen molar-refractivity contribution in [2.24, 2.45) is 45.3 Å². The fraction of sp³-hybridized carbons (Fsp3) is 0.600. The molecule has 0 atom stereocenters. The van der Waals surface area contributed by atoms with E-state index in [4.69, 9.17) is 0 Å². The Morgan fingerprint density at radius 3 is 0.500 bits per heavy atom. The Bertz CT molecular complexity index is 1140. The molecule has 1 aliphatic carbocycles. The molecule has 0 aliphatic heterocycles. The molecular weight excluding hydrogens is 608 g/mol. The van der Waals surface area contributed by atoms with Crippen LogP contribution in [0.25, 0.3) is 0 Å². The van der Waals surface area contributed by atoms with Crippen molar-refractivity contribution in [1.82, 2.24) is 0 Å². The lowest BCUT2D eigenvalue weighted by Crippen LogP contribution is -2.39. The molecule has 1 rings (SSSR count). The van der Waals surface area contributed by atoms with E-state index in [2.05, 4.69) is 0 Å². The largest absolute Gasteiger partial charge is 0.294 e. The smallest absolute Gasteiger partial charge is 0.169 e. The van der Waals surface area contributed by atoms with Crippen molar-refractivity contribution >= 4 is 46.3 Å². The molecule has 0 saturated heterocycles. The van der Waals surface area contributed by atoms with Crippen molar-refractivity contribution in [2.45, 2.75) is 109 Å². The van der Waals surface area contributed by atoms with Crippen molar-refractivity contribution in [3.63, 3.8) is 0 Å². The molecule has 0 radical (unpaired) electrons. The molecule has 0 unspecified atom stereocenters. The van der Waals surface area contributed by atoms with E-state index in [0.717, 1.165) is 48.6 Å². The molecular formula is C40H56O8. The van der Waals surface area contributed by atoms with Crippen LogP contribution in [0.2, 0.25) is 0 Å². The third-order valence-corrected chi connectivity index (χ3v) is 9.16. The zero-order chi connectivity index (χ0) is 37.4. The van der Waals surface area contributed by atoms with Crippen LogP contribution >= 0.6 is 0 Å². The van der Waals surface area contributed by atoms with Crippen LogP contribution in [0.15, 0.2) is 48.6 Å². The Morgan fingerprint density at radius 1 is 0.312 bits per heavy atom. The first kappa shape index (κ1) is 42.3. The number of hydrogen-bond donors (Lipinski definition) is 0. The molecule has 0 spiro atoms. The predicted molar refractivity (Wildman–Crippen MR) is 187 cm³/mol. The first-order valence-electron chi connectivity index (χ1n) is 16.9. The maximum absolute atomic E-state index is 13.6. The van der Waals surface area contributed by atoms with Crippen LogP contribution < -0.4 is 0 Å². The van der Waals surface area contributed by atoms with E-state index in [-0.39, 0.29) is 49.4 Å². The first-order valence-corrected chi connectivity index (χ1v) is 16.9. The number of carbonyl (C=O) groups is 8. The maximum Gasteiger partial charge on any atom is 0.169 e. The minimum absolute atomic E-state index is 0.108. The number of carbonyl (C=O) groups excluding carboxylic acids is 8. The average Bonchev–Trinajstić information content (AvgIpc) is 2.96. The zero-order valence-corrected chi connectivity index (χ0v) is 31.0. The molecule has 8 heteroatoms. The molecule has 48 heavy (non-hydrogen) atoms. The minimum Gasteiger partial charge on any atom is -0.294 e. The summed E-state index contributed by atoms with van der Waals surface area (Å²) in [6.45, 7) is 20.4. The second-order valence-electron chi connectivity index (χ2n) is 16.0. The molecule has 0 bridgehead atoms. The third kappa shape index (κ3) is 10.2. The van der Waals surface area contributed by atoms with Crippen LogP contribution in [0.3, 0.4) is 0 Å². The SMILES string of the molecule is CC(C)CC1(C)C(=O)C=CC(=O)C(C)(CC(C)C)C(=O)C=CC(=O)C(C)(CC(C)C)C(=O)C=CC(=O)C(C)(CC(C)C)C(=O)C=CC1=O. The highest BCUT2D eigenvalue weighted by Gasteiger charge is 2.44. The Kier molecular flexibility index (Phi) is 14.7. The van der Waals surface area contributed by atoms with Crippen molar-refractivity contribution < 1.29 is 38.4 Å². The number of rotatable bonds is 8. The van der Waals surface area contributed by atoms with Gasteiger partial charge in [-0.3, -0.25) is 38.4 Å². The Hall–Kier alpha value is -3.68. The van der Waals surface area contributed by atoms with Crippen LogP contribution in [0.5, 0.6) is 0 Å². The van der Waals surface area contributed by atoms with Gasteiger partial charge in [-0.15, -0.1) is 0 Å². The van der Waals surface area contributed by atoms with Crippen molar-refractivity contribution in [1.29, 1.82) is 0 Å². The van der Waals surface area contributed by atoms with E-state index in [0.29, 0.717) is 0 Å². The monoisotopic (exact) mass is 664 g/mol. The molecule has 0 aromatic heterocycles. The van der Waals surface area contributed by atoms with Crippen LogP contribution in [-0.4, -0.2) is 46.3 Å². The van der Waals surface area contributed by atoms with Gasteiger partial charge in [0.25, 0.3) is 0 Å². The molecule has 0 saturated carbocycles. The normalized spacial score (nSPS) is 29.0. The van der Waals surface area contributed by atoms with Crippen LogP contribution in [0, 0.1) is 45.3 Å². The number of hydrogen-bond acceptors (Lipinski definition) is 8. The lowest BCUT2D eigenvalue weighted by atomic mass is 9.71. The van der Waals surface area contributed by atoms with Gasteiger partial charge >= 0.3 is 0 Å². The van der Waals surface area contributed by atoms with Gasteiger partial charge in [-0.2, -0.15) is 0 Å². The van der Waals surface area contributed by atoms with Crippen molar-refractivity contribution in [2.75, 3.05) is 0 Å². The van der Waals surface area contributed by atoms with Gasteiger partial charge in [0, 0.05) is 0 Å². The first-order chi connectivity index (χ1) is 21.9. The van der Waals surface area contributed by atoms with Crippen LogP contribution in [0.1, 0.15) is 109 Å². The minimum atomic E-state index is -1.64. The lowest BCUT2D eigenvalue weighted by Gasteiger charge is -2.29. The standard InChI is InChI=1S/C40H56O8/c1-25(2)21-37(9)29(41)13-15-31(43)38(10,22-26(3)4)33(45)17-19-35(47)40(12,24-28(7)8)36(48)20-18-34(46)39(11,23-27(5)6)32(44)16-14-30(37)42/h13-20,25-28H,21-24H2,1-12H3. The molecule has 0 N–H and O–H groups in total. The molecule has 0 amide bonds. The van der Waals surface area contributed by atoms with Crippen LogP contribution in [-0.2, 0) is 38.4 Å². The predicted octanol–water partition coefficient (Wildman–Crippen LogP) is 6.99.